The minimum Gasteiger partial charge on any atom is -0.356 e. The molecule has 0 radical (unpaired) electrons. The third kappa shape index (κ3) is 5.87. The summed E-state index contributed by atoms with van der Waals surface area (Å²) in [4.78, 5) is 23.5. The minimum absolute atomic E-state index is 0.0255. The first-order chi connectivity index (χ1) is 11.2. The Morgan fingerprint density at radius 2 is 1.91 bits per heavy atom. The molecular formula is C18H22N2O2S. The molecule has 1 aromatic heterocycles. The molecule has 1 heterocycles. The van der Waals surface area contributed by atoms with Gasteiger partial charge in [-0.05, 0) is 29.3 Å². The van der Waals surface area contributed by atoms with Crippen molar-refractivity contribution in [3.8, 4) is 0 Å². The SMILES string of the molecule is C[C@H](CNC(=O)CCCNC(=O)c1ccsc1)c1ccccc1. The van der Waals surface area contributed by atoms with Crippen LogP contribution in [0.15, 0.2) is 47.2 Å². The minimum atomic E-state index is -0.0793. The maximum absolute atomic E-state index is 11.8. The van der Waals surface area contributed by atoms with Gasteiger partial charge in [-0.15, -0.1) is 0 Å². The van der Waals surface area contributed by atoms with Crippen molar-refractivity contribution >= 4 is 23.2 Å². The van der Waals surface area contributed by atoms with E-state index in [1.807, 2.05) is 29.0 Å². The van der Waals surface area contributed by atoms with Gasteiger partial charge in [-0.3, -0.25) is 9.59 Å². The van der Waals surface area contributed by atoms with Crippen LogP contribution in [0.3, 0.4) is 0 Å². The molecule has 1 atom stereocenters. The second-order valence-electron chi connectivity index (χ2n) is 5.49. The lowest BCUT2D eigenvalue weighted by molar-refractivity contribution is -0.121. The third-order valence-electron chi connectivity index (χ3n) is 3.62. The lowest BCUT2D eigenvalue weighted by atomic mass is 10.0. The van der Waals surface area contributed by atoms with Crippen LogP contribution in [0.2, 0.25) is 0 Å². The Balaban J connectivity index is 1.59. The Morgan fingerprint density at radius 3 is 2.61 bits per heavy atom. The molecule has 0 saturated carbocycles. The van der Waals surface area contributed by atoms with Gasteiger partial charge in [0, 0.05) is 30.5 Å². The first kappa shape index (κ1) is 17.2. The van der Waals surface area contributed by atoms with Crippen molar-refractivity contribution in [2.75, 3.05) is 13.1 Å². The van der Waals surface area contributed by atoms with E-state index in [0.29, 0.717) is 37.4 Å². The second kappa shape index (κ2) is 9.10. The predicted molar refractivity (Wildman–Crippen MR) is 93.8 cm³/mol. The van der Waals surface area contributed by atoms with E-state index in [1.165, 1.54) is 16.9 Å². The monoisotopic (exact) mass is 330 g/mol. The van der Waals surface area contributed by atoms with Crippen molar-refractivity contribution in [2.24, 2.45) is 0 Å². The van der Waals surface area contributed by atoms with Crippen LogP contribution in [0.5, 0.6) is 0 Å². The number of benzene rings is 1. The Kier molecular flexibility index (Phi) is 6.81. The van der Waals surface area contributed by atoms with Gasteiger partial charge in [0.15, 0.2) is 0 Å². The molecule has 0 aliphatic carbocycles. The Bertz CT molecular complexity index is 611. The molecule has 0 bridgehead atoms. The Labute approximate surface area is 140 Å². The third-order valence-corrected chi connectivity index (χ3v) is 4.31. The van der Waals surface area contributed by atoms with Gasteiger partial charge in [0.05, 0.1) is 0 Å². The van der Waals surface area contributed by atoms with Crippen molar-refractivity contribution in [2.45, 2.75) is 25.7 Å². The molecule has 122 valence electrons. The maximum Gasteiger partial charge on any atom is 0.252 e. The molecule has 0 aliphatic heterocycles. The first-order valence-electron chi connectivity index (χ1n) is 7.79. The lowest BCUT2D eigenvalue weighted by Gasteiger charge is -2.13. The fourth-order valence-corrected chi connectivity index (χ4v) is 2.84. The molecule has 0 unspecified atom stereocenters. The number of thiophene rings is 1. The highest BCUT2D eigenvalue weighted by atomic mass is 32.1. The lowest BCUT2D eigenvalue weighted by Crippen LogP contribution is -2.29. The van der Waals surface area contributed by atoms with Crippen molar-refractivity contribution in [3.63, 3.8) is 0 Å². The average Bonchev–Trinajstić information content (AvgIpc) is 3.12. The van der Waals surface area contributed by atoms with Crippen LogP contribution in [-0.2, 0) is 4.79 Å². The fraction of sp³-hybridized carbons (Fsp3) is 0.333. The summed E-state index contributed by atoms with van der Waals surface area (Å²) in [5.41, 5.74) is 1.90. The summed E-state index contributed by atoms with van der Waals surface area (Å²) in [5.74, 6) is 0.236. The highest BCUT2D eigenvalue weighted by molar-refractivity contribution is 7.08. The van der Waals surface area contributed by atoms with Crippen LogP contribution < -0.4 is 10.6 Å². The van der Waals surface area contributed by atoms with E-state index < -0.39 is 0 Å². The Hall–Kier alpha value is -2.14. The van der Waals surface area contributed by atoms with Gasteiger partial charge in [-0.25, -0.2) is 0 Å². The number of rotatable bonds is 8. The van der Waals surface area contributed by atoms with Crippen molar-refractivity contribution in [1.29, 1.82) is 0 Å². The summed E-state index contributed by atoms with van der Waals surface area (Å²) in [7, 11) is 0. The van der Waals surface area contributed by atoms with E-state index in [9.17, 15) is 9.59 Å². The predicted octanol–water partition coefficient (Wildman–Crippen LogP) is 3.18. The Morgan fingerprint density at radius 1 is 1.13 bits per heavy atom. The van der Waals surface area contributed by atoms with E-state index in [2.05, 4.69) is 29.7 Å². The first-order valence-corrected chi connectivity index (χ1v) is 8.73. The molecule has 2 aromatic rings. The zero-order valence-corrected chi connectivity index (χ0v) is 14.1. The summed E-state index contributed by atoms with van der Waals surface area (Å²) in [6.07, 6.45) is 1.06. The van der Waals surface area contributed by atoms with E-state index in [-0.39, 0.29) is 11.8 Å². The molecule has 0 fully saturated rings. The number of carbonyl (C=O) groups excluding carboxylic acids is 2. The van der Waals surface area contributed by atoms with Gasteiger partial charge in [-0.1, -0.05) is 37.3 Å². The van der Waals surface area contributed by atoms with Crippen LogP contribution >= 0.6 is 11.3 Å². The molecule has 2 N–H and O–H groups in total. The number of hydrogen-bond acceptors (Lipinski definition) is 3. The number of amides is 2. The zero-order chi connectivity index (χ0) is 16.5. The standard InChI is InChI=1S/C18H22N2O2S/c1-14(15-6-3-2-4-7-15)12-20-17(21)8-5-10-19-18(22)16-9-11-23-13-16/h2-4,6-7,9,11,13-14H,5,8,10,12H2,1H3,(H,19,22)(H,20,21)/t14-/m1/s1. The molecule has 1 aromatic carbocycles. The topological polar surface area (TPSA) is 58.2 Å². The van der Waals surface area contributed by atoms with E-state index in [1.54, 1.807) is 6.07 Å². The van der Waals surface area contributed by atoms with Gasteiger partial charge in [0.25, 0.3) is 5.91 Å². The van der Waals surface area contributed by atoms with E-state index in [0.717, 1.165) is 0 Å². The van der Waals surface area contributed by atoms with Gasteiger partial charge >= 0.3 is 0 Å². The molecule has 4 nitrogen and oxygen atoms in total. The van der Waals surface area contributed by atoms with Crippen LogP contribution in [0.4, 0.5) is 0 Å². The van der Waals surface area contributed by atoms with E-state index >= 15 is 0 Å². The number of nitrogens with one attached hydrogen (secondary N) is 2. The van der Waals surface area contributed by atoms with E-state index in [4.69, 9.17) is 0 Å². The summed E-state index contributed by atoms with van der Waals surface area (Å²) < 4.78 is 0. The largest absolute Gasteiger partial charge is 0.356 e. The molecule has 0 saturated heterocycles. The summed E-state index contributed by atoms with van der Waals surface area (Å²) in [5, 5.41) is 9.45. The molecule has 23 heavy (non-hydrogen) atoms. The van der Waals surface area contributed by atoms with Gasteiger partial charge < -0.3 is 10.6 Å². The normalized spacial score (nSPS) is 11.7. The molecule has 0 aliphatic rings. The van der Waals surface area contributed by atoms with Crippen LogP contribution in [0.25, 0.3) is 0 Å². The fourth-order valence-electron chi connectivity index (χ4n) is 2.20. The maximum atomic E-state index is 11.8. The highest BCUT2D eigenvalue weighted by Crippen LogP contribution is 2.13. The number of hydrogen-bond donors (Lipinski definition) is 2. The van der Waals surface area contributed by atoms with Gasteiger partial charge in [-0.2, -0.15) is 11.3 Å². The van der Waals surface area contributed by atoms with Crippen LogP contribution in [0.1, 0.15) is 41.6 Å². The number of carbonyl (C=O) groups is 2. The summed E-state index contributed by atoms with van der Waals surface area (Å²) >= 11 is 1.49. The molecule has 2 rings (SSSR count). The average molecular weight is 330 g/mol. The molecule has 5 heteroatoms. The smallest absolute Gasteiger partial charge is 0.252 e. The molecule has 2 amide bonds. The quantitative estimate of drug-likeness (QED) is 0.730. The van der Waals surface area contributed by atoms with Crippen LogP contribution in [-0.4, -0.2) is 24.9 Å². The molecule has 0 spiro atoms. The zero-order valence-electron chi connectivity index (χ0n) is 13.2. The second-order valence-corrected chi connectivity index (χ2v) is 6.27. The van der Waals surface area contributed by atoms with Crippen molar-refractivity contribution < 1.29 is 9.59 Å². The molecular weight excluding hydrogens is 308 g/mol. The van der Waals surface area contributed by atoms with Crippen LogP contribution in [0, 0.1) is 0 Å². The highest BCUT2D eigenvalue weighted by Gasteiger charge is 2.08. The summed E-state index contributed by atoms with van der Waals surface area (Å²) in [6.45, 7) is 3.23. The van der Waals surface area contributed by atoms with Gasteiger partial charge in [0.2, 0.25) is 5.91 Å². The van der Waals surface area contributed by atoms with Gasteiger partial charge in [0.1, 0.15) is 0 Å². The van der Waals surface area contributed by atoms with Crippen molar-refractivity contribution in [3.05, 3.63) is 58.3 Å². The van der Waals surface area contributed by atoms with Crippen molar-refractivity contribution in [1.82, 2.24) is 10.6 Å². The summed E-state index contributed by atoms with van der Waals surface area (Å²) in [6, 6.07) is 11.9.